The topological polar surface area (TPSA) is 71.0 Å². The van der Waals surface area contributed by atoms with Gasteiger partial charge in [-0.25, -0.2) is 0 Å². The molecule has 1 amide bonds. The number of piperidine rings is 1. The van der Waals surface area contributed by atoms with Gasteiger partial charge in [0.2, 0.25) is 5.91 Å². The number of carbonyl (C=O) groups is 1. The Morgan fingerprint density at radius 1 is 1.23 bits per heavy atom. The number of ether oxygens (including phenoxy) is 2. The molecule has 0 aromatic heterocycles. The summed E-state index contributed by atoms with van der Waals surface area (Å²) >= 11 is 0. The van der Waals surface area contributed by atoms with Crippen LogP contribution in [0.4, 0.5) is 5.69 Å². The first-order valence-corrected chi connectivity index (χ1v) is 7.49. The first-order chi connectivity index (χ1) is 10.5. The van der Waals surface area contributed by atoms with Crippen LogP contribution in [-0.2, 0) is 4.79 Å². The zero-order valence-electron chi connectivity index (χ0n) is 13.3. The first kappa shape index (κ1) is 16.6. The molecule has 2 rings (SSSR count). The molecule has 1 aliphatic heterocycles. The molecule has 1 atom stereocenters. The van der Waals surface area contributed by atoms with E-state index < -0.39 is 0 Å². The van der Waals surface area contributed by atoms with Crippen LogP contribution in [0.5, 0.6) is 11.5 Å². The minimum absolute atomic E-state index is 0.0771. The zero-order valence-corrected chi connectivity index (χ0v) is 13.3. The molecule has 2 N–H and O–H groups in total. The fourth-order valence-corrected chi connectivity index (χ4v) is 2.57. The average Bonchev–Trinajstić information content (AvgIpc) is 2.54. The van der Waals surface area contributed by atoms with Crippen molar-refractivity contribution in [1.82, 2.24) is 4.90 Å². The molecular formula is C16H24N2O4. The summed E-state index contributed by atoms with van der Waals surface area (Å²) in [5, 5.41) is 12.4. The highest BCUT2D eigenvalue weighted by Crippen LogP contribution is 2.26. The van der Waals surface area contributed by atoms with Crippen molar-refractivity contribution < 1.29 is 19.4 Å². The number of nitrogens with one attached hydrogen (secondary N) is 1. The van der Waals surface area contributed by atoms with Gasteiger partial charge in [0.05, 0.1) is 26.4 Å². The van der Waals surface area contributed by atoms with Crippen molar-refractivity contribution in [2.45, 2.75) is 31.9 Å². The summed E-state index contributed by atoms with van der Waals surface area (Å²) in [7, 11) is 3.14. The highest BCUT2D eigenvalue weighted by Gasteiger charge is 2.25. The average molecular weight is 308 g/mol. The van der Waals surface area contributed by atoms with Crippen molar-refractivity contribution in [3.05, 3.63) is 18.2 Å². The van der Waals surface area contributed by atoms with Crippen molar-refractivity contribution in [3.8, 4) is 11.5 Å². The Hall–Kier alpha value is -1.79. The summed E-state index contributed by atoms with van der Waals surface area (Å²) in [5.74, 6) is 1.18. The van der Waals surface area contributed by atoms with Gasteiger partial charge in [-0.3, -0.25) is 9.69 Å². The SMILES string of the molecule is COc1cc(NC(=O)[C@H](C)N2CCC(O)CC2)cc(OC)c1. The number of methoxy groups -OCH3 is 2. The Bertz CT molecular complexity index is 491. The Balaban J connectivity index is 2.01. The number of anilines is 1. The molecule has 0 aliphatic carbocycles. The van der Waals surface area contributed by atoms with Gasteiger partial charge in [-0.05, 0) is 19.8 Å². The van der Waals surface area contributed by atoms with Gasteiger partial charge >= 0.3 is 0 Å². The van der Waals surface area contributed by atoms with Crippen LogP contribution in [0.2, 0.25) is 0 Å². The summed E-state index contributed by atoms with van der Waals surface area (Å²) in [5.41, 5.74) is 0.644. The van der Waals surface area contributed by atoms with E-state index in [4.69, 9.17) is 9.47 Å². The molecule has 1 aromatic rings. The second-order valence-corrected chi connectivity index (χ2v) is 5.53. The Morgan fingerprint density at radius 2 is 1.77 bits per heavy atom. The standard InChI is InChI=1S/C16H24N2O4/c1-11(18-6-4-13(19)5-7-18)16(20)17-12-8-14(21-2)10-15(9-12)22-3/h8-11,13,19H,4-7H2,1-3H3,(H,17,20)/t11-/m0/s1. The Kier molecular flexibility index (Phi) is 5.63. The molecule has 1 saturated heterocycles. The number of aliphatic hydroxyl groups is 1. The fraction of sp³-hybridized carbons (Fsp3) is 0.562. The number of rotatable bonds is 5. The van der Waals surface area contributed by atoms with E-state index in [0.717, 1.165) is 13.1 Å². The molecular weight excluding hydrogens is 284 g/mol. The lowest BCUT2D eigenvalue weighted by Gasteiger charge is -2.33. The van der Waals surface area contributed by atoms with E-state index in [-0.39, 0.29) is 18.1 Å². The molecule has 1 heterocycles. The van der Waals surface area contributed by atoms with Crippen LogP contribution >= 0.6 is 0 Å². The number of hydrogen-bond acceptors (Lipinski definition) is 5. The molecule has 0 spiro atoms. The van der Waals surface area contributed by atoms with Crippen molar-refractivity contribution >= 4 is 11.6 Å². The molecule has 0 radical (unpaired) electrons. The third-order valence-corrected chi connectivity index (χ3v) is 4.05. The highest BCUT2D eigenvalue weighted by molar-refractivity contribution is 5.94. The smallest absolute Gasteiger partial charge is 0.241 e. The number of likely N-dealkylation sites (tertiary alicyclic amines) is 1. The van der Waals surface area contributed by atoms with Gasteiger partial charge in [-0.2, -0.15) is 0 Å². The largest absolute Gasteiger partial charge is 0.497 e. The van der Waals surface area contributed by atoms with Gasteiger partial charge in [0.15, 0.2) is 0 Å². The van der Waals surface area contributed by atoms with E-state index >= 15 is 0 Å². The second kappa shape index (κ2) is 7.47. The van der Waals surface area contributed by atoms with Gasteiger partial charge in [-0.1, -0.05) is 0 Å². The van der Waals surface area contributed by atoms with E-state index in [9.17, 15) is 9.90 Å². The van der Waals surface area contributed by atoms with E-state index in [1.807, 2.05) is 6.92 Å². The zero-order chi connectivity index (χ0) is 16.1. The van der Waals surface area contributed by atoms with Crippen LogP contribution in [-0.4, -0.2) is 55.4 Å². The monoisotopic (exact) mass is 308 g/mol. The molecule has 0 bridgehead atoms. The fourth-order valence-electron chi connectivity index (χ4n) is 2.57. The third kappa shape index (κ3) is 4.11. The molecule has 6 nitrogen and oxygen atoms in total. The van der Waals surface area contributed by atoms with Crippen LogP contribution in [0.1, 0.15) is 19.8 Å². The molecule has 22 heavy (non-hydrogen) atoms. The van der Waals surface area contributed by atoms with E-state index in [2.05, 4.69) is 10.2 Å². The summed E-state index contributed by atoms with van der Waals surface area (Å²) in [6, 6.07) is 5.02. The van der Waals surface area contributed by atoms with Crippen molar-refractivity contribution in [2.75, 3.05) is 32.6 Å². The van der Waals surface area contributed by atoms with Crippen LogP contribution in [0.15, 0.2) is 18.2 Å². The van der Waals surface area contributed by atoms with Gasteiger partial charge in [0, 0.05) is 37.0 Å². The van der Waals surface area contributed by atoms with Gasteiger partial charge < -0.3 is 19.9 Å². The molecule has 6 heteroatoms. The second-order valence-electron chi connectivity index (χ2n) is 5.53. The van der Waals surface area contributed by atoms with Crippen LogP contribution in [0.3, 0.4) is 0 Å². The minimum Gasteiger partial charge on any atom is -0.497 e. The summed E-state index contributed by atoms with van der Waals surface area (Å²) in [6.07, 6.45) is 1.18. The van der Waals surface area contributed by atoms with Gasteiger partial charge in [-0.15, -0.1) is 0 Å². The van der Waals surface area contributed by atoms with Crippen molar-refractivity contribution in [3.63, 3.8) is 0 Å². The lowest BCUT2D eigenvalue weighted by atomic mass is 10.1. The predicted molar refractivity (Wildman–Crippen MR) is 84.5 cm³/mol. The third-order valence-electron chi connectivity index (χ3n) is 4.05. The molecule has 1 aliphatic rings. The minimum atomic E-state index is -0.246. The summed E-state index contributed by atoms with van der Waals surface area (Å²) in [6.45, 7) is 3.35. The predicted octanol–water partition coefficient (Wildman–Crippen LogP) is 1.49. The van der Waals surface area contributed by atoms with Crippen LogP contribution < -0.4 is 14.8 Å². The number of aliphatic hydroxyl groups excluding tert-OH is 1. The molecule has 1 aromatic carbocycles. The lowest BCUT2D eigenvalue weighted by Crippen LogP contribution is -2.47. The maximum absolute atomic E-state index is 12.4. The number of carbonyl (C=O) groups excluding carboxylic acids is 1. The molecule has 0 unspecified atom stereocenters. The maximum Gasteiger partial charge on any atom is 0.241 e. The van der Waals surface area contributed by atoms with Crippen molar-refractivity contribution in [1.29, 1.82) is 0 Å². The highest BCUT2D eigenvalue weighted by atomic mass is 16.5. The normalized spacial score (nSPS) is 17.8. The van der Waals surface area contributed by atoms with E-state index in [0.29, 0.717) is 30.0 Å². The van der Waals surface area contributed by atoms with Crippen LogP contribution in [0.25, 0.3) is 0 Å². The Morgan fingerprint density at radius 3 is 2.27 bits per heavy atom. The quantitative estimate of drug-likeness (QED) is 0.862. The maximum atomic E-state index is 12.4. The lowest BCUT2D eigenvalue weighted by molar-refractivity contribution is -0.121. The summed E-state index contributed by atoms with van der Waals surface area (Å²) < 4.78 is 10.4. The van der Waals surface area contributed by atoms with E-state index in [1.165, 1.54) is 0 Å². The number of nitrogens with zero attached hydrogens (tertiary/aromatic N) is 1. The first-order valence-electron chi connectivity index (χ1n) is 7.49. The molecule has 1 fully saturated rings. The molecule has 122 valence electrons. The number of benzene rings is 1. The van der Waals surface area contributed by atoms with Crippen LogP contribution in [0, 0.1) is 0 Å². The number of amides is 1. The van der Waals surface area contributed by atoms with Gasteiger partial charge in [0.25, 0.3) is 0 Å². The Labute approximate surface area is 131 Å². The van der Waals surface area contributed by atoms with Gasteiger partial charge in [0.1, 0.15) is 11.5 Å². The van der Waals surface area contributed by atoms with Crippen molar-refractivity contribution in [2.24, 2.45) is 0 Å². The molecule has 0 saturated carbocycles. The van der Waals surface area contributed by atoms with E-state index in [1.54, 1.807) is 32.4 Å². The summed E-state index contributed by atoms with van der Waals surface area (Å²) in [4.78, 5) is 14.5. The number of hydrogen-bond donors (Lipinski definition) is 2.